The van der Waals surface area contributed by atoms with Crippen molar-refractivity contribution in [2.45, 2.75) is 26.3 Å². The van der Waals surface area contributed by atoms with Crippen molar-refractivity contribution < 1.29 is 0 Å². The van der Waals surface area contributed by atoms with Crippen LogP contribution in [0.4, 0.5) is 0 Å². The molecule has 0 atom stereocenters. The predicted octanol–water partition coefficient (Wildman–Crippen LogP) is 2.08. The molecule has 1 aliphatic rings. The number of fused-ring (bicyclic) bond motifs is 1. The van der Waals surface area contributed by atoms with Crippen LogP contribution in [0.25, 0.3) is 5.69 Å². The van der Waals surface area contributed by atoms with Gasteiger partial charge in [-0.05, 0) is 37.1 Å². The standard InChI is InChI=1S/C14H17N3/c1-2-13-12-8-9-15-10-14(12)17(16-13)11-6-4-3-5-7-11/h3-7,15H,2,8-10H2,1H3. The van der Waals surface area contributed by atoms with Gasteiger partial charge in [0.05, 0.1) is 17.1 Å². The molecule has 3 heteroatoms. The van der Waals surface area contributed by atoms with E-state index in [2.05, 4.69) is 41.2 Å². The third-order valence-electron chi connectivity index (χ3n) is 3.35. The van der Waals surface area contributed by atoms with Crippen LogP contribution in [0.15, 0.2) is 30.3 Å². The lowest BCUT2D eigenvalue weighted by Gasteiger charge is -2.15. The maximum Gasteiger partial charge on any atom is 0.0662 e. The molecule has 0 saturated heterocycles. The van der Waals surface area contributed by atoms with Crippen LogP contribution < -0.4 is 5.32 Å². The Kier molecular flexibility index (Phi) is 2.69. The van der Waals surface area contributed by atoms with Gasteiger partial charge in [0.2, 0.25) is 0 Å². The van der Waals surface area contributed by atoms with Crippen molar-refractivity contribution in [2.24, 2.45) is 0 Å². The second-order valence-corrected chi connectivity index (χ2v) is 4.40. The fourth-order valence-electron chi connectivity index (χ4n) is 2.49. The van der Waals surface area contributed by atoms with E-state index in [-0.39, 0.29) is 0 Å². The molecule has 0 radical (unpaired) electrons. The number of hydrogen-bond acceptors (Lipinski definition) is 2. The highest BCUT2D eigenvalue weighted by molar-refractivity contribution is 5.38. The first-order valence-electron chi connectivity index (χ1n) is 6.26. The Morgan fingerprint density at radius 2 is 2.12 bits per heavy atom. The van der Waals surface area contributed by atoms with E-state index >= 15 is 0 Å². The molecular formula is C14H17N3. The predicted molar refractivity (Wildman–Crippen MR) is 68.4 cm³/mol. The van der Waals surface area contributed by atoms with Crippen LogP contribution in [0.3, 0.4) is 0 Å². The van der Waals surface area contributed by atoms with Crippen LogP contribution in [-0.4, -0.2) is 16.3 Å². The summed E-state index contributed by atoms with van der Waals surface area (Å²) in [4.78, 5) is 0. The lowest BCUT2D eigenvalue weighted by atomic mass is 10.0. The van der Waals surface area contributed by atoms with E-state index in [1.165, 1.54) is 17.0 Å². The van der Waals surface area contributed by atoms with E-state index in [0.717, 1.165) is 31.6 Å². The van der Waals surface area contributed by atoms with Crippen LogP contribution >= 0.6 is 0 Å². The first-order chi connectivity index (χ1) is 8.40. The number of aryl methyl sites for hydroxylation is 1. The minimum absolute atomic E-state index is 0.928. The van der Waals surface area contributed by atoms with Gasteiger partial charge in [0, 0.05) is 6.54 Å². The summed E-state index contributed by atoms with van der Waals surface area (Å²) in [5.74, 6) is 0. The van der Waals surface area contributed by atoms with Crippen LogP contribution in [0.1, 0.15) is 23.9 Å². The average molecular weight is 227 g/mol. The second-order valence-electron chi connectivity index (χ2n) is 4.40. The van der Waals surface area contributed by atoms with Crippen molar-refractivity contribution in [3.8, 4) is 5.69 Å². The maximum absolute atomic E-state index is 4.76. The molecule has 1 aromatic carbocycles. The number of hydrogen-bond donors (Lipinski definition) is 1. The van der Waals surface area contributed by atoms with Crippen LogP contribution in [0.2, 0.25) is 0 Å². The number of para-hydroxylation sites is 1. The summed E-state index contributed by atoms with van der Waals surface area (Å²) in [5, 5.41) is 8.18. The Morgan fingerprint density at radius 1 is 1.29 bits per heavy atom. The Bertz CT molecular complexity index is 514. The number of nitrogens with one attached hydrogen (secondary N) is 1. The molecule has 1 N–H and O–H groups in total. The van der Waals surface area contributed by atoms with Crippen molar-refractivity contribution in [3.05, 3.63) is 47.3 Å². The van der Waals surface area contributed by atoms with Crippen molar-refractivity contribution in [1.29, 1.82) is 0 Å². The molecule has 3 rings (SSSR count). The Balaban J connectivity index is 2.14. The summed E-state index contributed by atoms with van der Waals surface area (Å²) in [6.45, 7) is 4.18. The van der Waals surface area contributed by atoms with Gasteiger partial charge < -0.3 is 5.32 Å². The summed E-state index contributed by atoms with van der Waals surface area (Å²) in [6.07, 6.45) is 2.12. The molecule has 0 aliphatic carbocycles. The fourth-order valence-corrected chi connectivity index (χ4v) is 2.49. The SMILES string of the molecule is CCc1nn(-c2ccccc2)c2c1CCNC2. The summed E-state index contributed by atoms with van der Waals surface area (Å²) in [6, 6.07) is 10.4. The van der Waals surface area contributed by atoms with Crippen molar-refractivity contribution in [3.63, 3.8) is 0 Å². The summed E-state index contributed by atoms with van der Waals surface area (Å²) in [5.41, 5.74) is 5.20. The zero-order chi connectivity index (χ0) is 11.7. The number of rotatable bonds is 2. The lowest BCUT2D eigenvalue weighted by molar-refractivity contribution is 0.614. The van der Waals surface area contributed by atoms with Crippen LogP contribution in [0, 0.1) is 0 Å². The molecule has 2 heterocycles. The molecule has 0 fully saturated rings. The first kappa shape index (κ1) is 10.5. The fraction of sp³-hybridized carbons (Fsp3) is 0.357. The Hall–Kier alpha value is -1.61. The maximum atomic E-state index is 4.76. The Labute approximate surface area is 101 Å². The average Bonchev–Trinajstić information content (AvgIpc) is 2.78. The molecule has 1 aromatic heterocycles. The summed E-state index contributed by atoms with van der Waals surface area (Å²) >= 11 is 0. The van der Waals surface area contributed by atoms with Gasteiger partial charge in [-0.25, -0.2) is 4.68 Å². The molecule has 3 nitrogen and oxygen atoms in total. The number of nitrogens with zero attached hydrogens (tertiary/aromatic N) is 2. The van der Waals surface area contributed by atoms with E-state index in [0.29, 0.717) is 0 Å². The molecule has 17 heavy (non-hydrogen) atoms. The van der Waals surface area contributed by atoms with Gasteiger partial charge in [0.25, 0.3) is 0 Å². The van der Waals surface area contributed by atoms with Crippen LogP contribution in [-0.2, 0) is 19.4 Å². The lowest BCUT2D eigenvalue weighted by Crippen LogP contribution is -2.25. The quantitative estimate of drug-likeness (QED) is 0.851. The first-order valence-corrected chi connectivity index (χ1v) is 6.26. The van der Waals surface area contributed by atoms with E-state index in [1.54, 1.807) is 0 Å². The highest BCUT2D eigenvalue weighted by atomic mass is 15.3. The van der Waals surface area contributed by atoms with E-state index in [1.807, 2.05) is 6.07 Å². The second kappa shape index (κ2) is 4.34. The van der Waals surface area contributed by atoms with E-state index < -0.39 is 0 Å². The number of benzene rings is 1. The van der Waals surface area contributed by atoms with Gasteiger partial charge in [0.1, 0.15) is 0 Å². The molecule has 2 aromatic rings. The van der Waals surface area contributed by atoms with Gasteiger partial charge in [0.15, 0.2) is 0 Å². The van der Waals surface area contributed by atoms with Crippen molar-refractivity contribution >= 4 is 0 Å². The monoisotopic (exact) mass is 227 g/mol. The van der Waals surface area contributed by atoms with Gasteiger partial charge in [-0.3, -0.25) is 0 Å². The summed E-state index contributed by atoms with van der Waals surface area (Å²) < 4.78 is 2.10. The van der Waals surface area contributed by atoms with E-state index in [9.17, 15) is 0 Å². The molecule has 0 spiro atoms. The van der Waals surface area contributed by atoms with Gasteiger partial charge in [-0.1, -0.05) is 25.1 Å². The largest absolute Gasteiger partial charge is 0.311 e. The molecule has 1 aliphatic heterocycles. The topological polar surface area (TPSA) is 29.9 Å². The van der Waals surface area contributed by atoms with Crippen LogP contribution in [0.5, 0.6) is 0 Å². The third kappa shape index (κ3) is 1.76. The minimum Gasteiger partial charge on any atom is -0.311 e. The third-order valence-corrected chi connectivity index (χ3v) is 3.35. The van der Waals surface area contributed by atoms with Gasteiger partial charge in [-0.15, -0.1) is 0 Å². The molecular weight excluding hydrogens is 210 g/mol. The molecule has 88 valence electrons. The molecule has 0 unspecified atom stereocenters. The zero-order valence-electron chi connectivity index (χ0n) is 10.1. The minimum atomic E-state index is 0.928. The normalized spacial score (nSPS) is 14.6. The number of aromatic nitrogens is 2. The van der Waals surface area contributed by atoms with Crippen molar-refractivity contribution in [2.75, 3.05) is 6.54 Å². The van der Waals surface area contributed by atoms with Crippen molar-refractivity contribution in [1.82, 2.24) is 15.1 Å². The van der Waals surface area contributed by atoms with Gasteiger partial charge >= 0.3 is 0 Å². The highest BCUT2D eigenvalue weighted by Crippen LogP contribution is 2.22. The van der Waals surface area contributed by atoms with E-state index in [4.69, 9.17) is 5.10 Å². The van der Waals surface area contributed by atoms with Gasteiger partial charge in [-0.2, -0.15) is 5.10 Å². The molecule has 0 saturated carbocycles. The Morgan fingerprint density at radius 3 is 2.88 bits per heavy atom. The summed E-state index contributed by atoms with van der Waals surface area (Å²) in [7, 11) is 0. The smallest absolute Gasteiger partial charge is 0.0662 e. The molecule has 0 amide bonds. The molecule has 0 bridgehead atoms. The highest BCUT2D eigenvalue weighted by Gasteiger charge is 2.19. The zero-order valence-corrected chi connectivity index (χ0v) is 10.1.